The smallest absolute Gasteiger partial charge is 0.280 e. The third-order valence-corrected chi connectivity index (χ3v) is 2.78. The Kier molecular flexibility index (Phi) is 3.93. The minimum atomic E-state index is -0.175. The van der Waals surface area contributed by atoms with Gasteiger partial charge in [0.15, 0.2) is 5.01 Å². The van der Waals surface area contributed by atoms with Crippen LogP contribution >= 0.6 is 27.3 Å². The summed E-state index contributed by atoms with van der Waals surface area (Å²) < 4.78 is 0.680. The molecule has 0 saturated carbocycles. The first-order valence-electron chi connectivity index (χ1n) is 3.56. The molecule has 0 bridgehead atoms. The third kappa shape index (κ3) is 3.17. The van der Waals surface area contributed by atoms with Gasteiger partial charge in [-0.1, -0.05) is 0 Å². The average Bonchev–Trinajstić information content (AvgIpc) is 2.52. The molecule has 13 heavy (non-hydrogen) atoms. The summed E-state index contributed by atoms with van der Waals surface area (Å²) >= 11 is 4.46. The molecule has 5 heteroatoms. The Labute approximate surface area is 88.7 Å². The highest BCUT2D eigenvalue weighted by Crippen LogP contribution is 2.14. The van der Waals surface area contributed by atoms with E-state index in [1.807, 2.05) is 0 Å². The molecule has 0 spiro atoms. The number of terminal acetylenes is 1. The zero-order chi connectivity index (χ0) is 9.68. The predicted molar refractivity (Wildman–Crippen MR) is 55.6 cm³/mol. The van der Waals surface area contributed by atoms with Crippen LogP contribution in [-0.2, 0) is 0 Å². The van der Waals surface area contributed by atoms with Gasteiger partial charge in [0.2, 0.25) is 0 Å². The monoisotopic (exact) mass is 258 g/mol. The first-order valence-corrected chi connectivity index (χ1v) is 5.24. The molecule has 68 valence electrons. The summed E-state index contributed by atoms with van der Waals surface area (Å²) in [6.07, 6.45) is 5.58. The van der Waals surface area contributed by atoms with E-state index in [9.17, 15) is 4.79 Å². The van der Waals surface area contributed by atoms with Crippen LogP contribution in [0.1, 0.15) is 16.2 Å². The van der Waals surface area contributed by atoms with Crippen molar-refractivity contribution >= 4 is 33.2 Å². The van der Waals surface area contributed by atoms with E-state index in [2.05, 4.69) is 32.2 Å². The van der Waals surface area contributed by atoms with E-state index in [0.29, 0.717) is 22.6 Å². The highest BCUT2D eigenvalue weighted by atomic mass is 79.9. The zero-order valence-corrected chi connectivity index (χ0v) is 9.11. The standard InChI is InChI=1S/C8H7BrN2OS/c1-2-3-4-10-7(12)8-11-6(9)5-13-8/h1,5H,3-4H2,(H,10,12). The summed E-state index contributed by atoms with van der Waals surface area (Å²) in [5.41, 5.74) is 0. The summed E-state index contributed by atoms with van der Waals surface area (Å²) in [6, 6.07) is 0. The number of thiazole rings is 1. The predicted octanol–water partition coefficient (Wildman–Crippen LogP) is 1.66. The lowest BCUT2D eigenvalue weighted by Gasteiger charge is -1.97. The van der Waals surface area contributed by atoms with Crippen molar-refractivity contribution in [3.05, 3.63) is 15.0 Å². The molecule has 0 unspecified atom stereocenters. The molecule has 0 radical (unpaired) electrons. The van der Waals surface area contributed by atoms with Gasteiger partial charge in [-0.25, -0.2) is 4.98 Å². The summed E-state index contributed by atoms with van der Waals surface area (Å²) in [6.45, 7) is 0.493. The highest BCUT2D eigenvalue weighted by molar-refractivity contribution is 9.10. The summed E-state index contributed by atoms with van der Waals surface area (Å²) in [7, 11) is 0. The van der Waals surface area contributed by atoms with Crippen molar-refractivity contribution in [2.45, 2.75) is 6.42 Å². The van der Waals surface area contributed by atoms with E-state index in [1.54, 1.807) is 5.38 Å². The molecule has 1 heterocycles. The van der Waals surface area contributed by atoms with Crippen molar-refractivity contribution in [2.75, 3.05) is 6.54 Å². The van der Waals surface area contributed by atoms with Crippen molar-refractivity contribution in [1.29, 1.82) is 0 Å². The molecule has 1 aromatic rings. The molecule has 1 aromatic heterocycles. The molecule has 1 amide bonds. The van der Waals surface area contributed by atoms with Gasteiger partial charge in [0.1, 0.15) is 4.60 Å². The lowest BCUT2D eigenvalue weighted by atomic mass is 10.4. The lowest BCUT2D eigenvalue weighted by molar-refractivity contribution is 0.0954. The van der Waals surface area contributed by atoms with Gasteiger partial charge in [-0.15, -0.1) is 23.7 Å². The fourth-order valence-corrected chi connectivity index (χ4v) is 1.85. The van der Waals surface area contributed by atoms with Crippen LogP contribution in [0.15, 0.2) is 9.98 Å². The van der Waals surface area contributed by atoms with Crippen molar-refractivity contribution in [1.82, 2.24) is 10.3 Å². The molecule has 0 aliphatic rings. The molecule has 1 N–H and O–H groups in total. The normalized spacial score (nSPS) is 9.23. The number of carbonyl (C=O) groups excluding carboxylic acids is 1. The van der Waals surface area contributed by atoms with Gasteiger partial charge in [-0.3, -0.25) is 4.79 Å². The van der Waals surface area contributed by atoms with E-state index in [-0.39, 0.29) is 5.91 Å². The van der Waals surface area contributed by atoms with Gasteiger partial charge >= 0.3 is 0 Å². The number of carbonyl (C=O) groups is 1. The maximum absolute atomic E-state index is 11.3. The van der Waals surface area contributed by atoms with Gasteiger partial charge < -0.3 is 5.32 Å². The van der Waals surface area contributed by atoms with Crippen LogP contribution in [0, 0.1) is 12.3 Å². The maximum atomic E-state index is 11.3. The minimum absolute atomic E-state index is 0.175. The minimum Gasteiger partial charge on any atom is -0.349 e. The van der Waals surface area contributed by atoms with E-state index in [0.717, 1.165) is 0 Å². The molecule has 0 fully saturated rings. The van der Waals surface area contributed by atoms with Crippen LogP contribution in [-0.4, -0.2) is 17.4 Å². The number of nitrogens with zero attached hydrogens (tertiary/aromatic N) is 1. The van der Waals surface area contributed by atoms with Gasteiger partial charge in [-0.05, 0) is 15.9 Å². The van der Waals surface area contributed by atoms with E-state index < -0.39 is 0 Å². The Morgan fingerprint density at radius 1 is 1.85 bits per heavy atom. The van der Waals surface area contributed by atoms with Gasteiger partial charge in [0, 0.05) is 18.3 Å². The topological polar surface area (TPSA) is 42.0 Å². The average molecular weight is 259 g/mol. The number of hydrogen-bond acceptors (Lipinski definition) is 3. The number of rotatable bonds is 3. The Balaban J connectivity index is 2.45. The van der Waals surface area contributed by atoms with Crippen LogP contribution in [0.3, 0.4) is 0 Å². The molecular formula is C8H7BrN2OS. The quantitative estimate of drug-likeness (QED) is 0.662. The largest absolute Gasteiger partial charge is 0.349 e. The molecule has 1 rings (SSSR count). The summed E-state index contributed by atoms with van der Waals surface area (Å²) in [5.74, 6) is 2.26. The molecule has 0 aliphatic heterocycles. The van der Waals surface area contributed by atoms with Crippen molar-refractivity contribution in [3.8, 4) is 12.3 Å². The number of hydrogen-bond donors (Lipinski definition) is 1. The summed E-state index contributed by atoms with van der Waals surface area (Å²) in [5, 5.41) is 4.87. The molecular weight excluding hydrogens is 252 g/mol. The van der Waals surface area contributed by atoms with E-state index in [4.69, 9.17) is 6.42 Å². The van der Waals surface area contributed by atoms with Crippen LogP contribution in [0.4, 0.5) is 0 Å². The molecule has 0 aliphatic carbocycles. The number of amides is 1. The SMILES string of the molecule is C#CCCNC(=O)c1nc(Br)cs1. The van der Waals surface area contributed by atoms with Crippen LogP contribution in [0.25, 0.3) is 0 Å². The Morgan fingerprint density at radius 3 is 3.15 bits per heavy atom. The number of halogens is 1. The third-order valence-electron chi connectivity index (χ3n) is 1.23. The number of aromatic nitrogens is 1. The summed E-state index contributed by atoms with van der Waals surface area (Å²) in [4.78, 5) is 15.2. The second kappa shape index (κ2) is 5.00. The molecule has 3 nitrogen and oxygen atoms in total. The molecule has 0 saturated heterocycles. The highest BCUT2D eigenvalue weighted by Gasteiger charge is 2.08. The Bertz CT molecular complexity index is 342. The fourth-order valence-electron chi connectivity index (χ4n) is 0.682. The Hall–Kier alpha value is -0.860. The zero-order valence-electron chi connectivity index (χ0n) is 6.71. The van der Waals surface area contributed by atoms with Gasteiger partial charge in [0.05, 0.1) is 0 Å². The molecule has 0 atom stereocenters. The van der Waals surface area contributed by atoms with Crippen LogP contribution in [0.2, 0.25) is 0 Å². The first-order chi connectivity index (χ1) is 6.24. The fraction of sp³-hybridized carbons (Fsp3) is 0.250. The van der Waals surface area contributed by atoms with Crippen molar-refractivity contribution in [3.63, 3.8) is 0 Å². The molecule has 0 aromatic carbocycles. The van der Waals surface area contributed by atoms with Crippen LogP contribution < -0.4 is 5.32 Å². The van der Waals surface area contributed by atoms with E-state index in [1.165, 1.54) is 11.3 Å². The Morgan fingerprint density at radius 2 is 2.62 bits per heavy atom. The second-order valence-corrected chi connectivity index (χ2v) is 3.86. The van der Waals surface area contributed by atoms with Crippen molar-refractivity contribution in [2.24, 2.45) is 0 Å². The lowest BCUT2D eigenvalue weighted by Crippen LogP contribution is -2.23. The first kappa shape index (κ1) is 10.2. The van der Waals surface area contributed by atoms with Gasteiger partial charge in [-0.2, -0.15) is 0 Å². The van der Waals surface area contributed by atoms with E-state index >= 15 is 0 Å². The van der Waals surface area contributed by atoms with Crippen molar-refractivity contribution < 1.29 is 4.79 Å². The number of nitrogens with one attached hydrogen (secondary N) is 1. The second-order valence-electron chi connectivity index (χ2n) is 2.19. The maximum Gasteiger partial charge on any atom is 0.280 e. The van der Waals surface area contributed by atoms with Gasteiger partial charge in [0.25, 0.3) is 5.91 Å². The van der Waals surface area contributed by atoms with Crippen LogP contribution in [0.5, 0.6) is 0 Å².